The van der Waals surface area contributed by atoms with E-state index in [-0.39, 0.29) is 18.5 Å². The third kappa shape index (κ3) is 3.53. The van der Waals surface area contributed by atoms with Gasteiger partial charge in [0.05, 0.1) is 11.7 Å². The second-order valence-corrected chi connectivity index (χ2v) is 6.07. The number of rotatable bonds is 4. The first-order valence-corrected chi connectivity index (χ1v) is 7.81. The second-order valence-electron chi connectivity index (χ2n) is 5.63. The summed E-state index contributed by atoms with van der Waals surface area (Å²) in [6.07, 6.45) is 4.48. The summed E-state index contributed by atoms with van der Waals surface area (Å²) < 4.78 is 1.54. The van der Waals surface area contributed by atoms with Gasteiger partial charge < -0.3 is 11.1 Å². The van der Waals surface area contributed by atoms with E-state index in [1.54, 1.807) is 24.3 Å². The molecule has 3 N–H and O–H groups in total. The van der Waals surface area contributed by atoms with Crippen LogP contribution >= 0.6 is 11.6 Å². The van der Waals surface area contributed by atoms with E-state index < -0.39 is 5.91 Å². The Bertz CT molecular complexity index is 756. The fourth-order valence-electron chi connectivity index (χ4n) is 2.85. The summed E-state index contributed by atoms with van der Waals surface area (Å²) in [4.78, 5) is 23.4. The zero-order chi connectivity index (χ0) is 16.4. The molecule has 2 aromatic rings. The van der Waals surface area contributed by atoms with Gasteiger partial charge in [0.25, 0.3) is 5.91 Å². The lowest BCUT2D eigenvalue weighted by Crippen LogP contribution is -2.31. The van der Waals surface area contributed by atoms with E-state index in [0.717, 1.165) is 30.5 Å². The molecule has 0 spiro atoms. The van der Waals surface area contributed by atoms with Gasteiger partial charge in [0.2, 0.25) is 5.91 Å². The summed E-state index contributed by atoms with van der Waals surface area (Å²) in [6.45, 7) is 0.0436. The predicted octanol–water partition coefficient (Wildman–Crippen LogP) is 1.83. The number of hydrogen-bond acceptors (Lipinski definition) is 3. The summed E-state index contributed by atoms with van der Waals surface area (Å²) in [5, 5.41) is 7.93. The number of aryl methyl sites for hydroxylation is 1. The molecule has 6 nitrogen and oxygen atoms in total. The molecule has 7 heteroatoms. The molecule has 0 fully saturated rings. The minimum absolute atomic E-state index is 0.0436. The minimum Gasteiger partial charge on any atom is -0.368 e. The number of fused-ring (bicyclic) bond motifs is 1. The molecule has 23 heavy (non-hydrogen) atoms. The summed E-state index contributed by atoms with van der Waals surface area (Å²) in [7, 11) is 0. The number of carbonyl (C=O) groups excluding carboxylic acids is 2. The van der Waals surface area contributed by atoms with Crippen molar-refractivity contribution in [3.8, 4) is 0 Å². The molecule has 0 aliphatic heterocycles. The number of benzene rings is 1. The monoisotopic (exact) mass is 332 g/mol. The summed E-state index contributed by atoms with van der Waals surface area (Å²) in [5.41, 5.74) is 7.58. The first-order valence-electron chi connectivity index (χ1n) is 7.44. The Kier molecular flexibility index (Phi) is 4.34. The average Bonchev–Trinajstić information content (AvgIpc) is 2.89. The smallest absolute Gasteiger partial charge is 0.251 e. The van der Waals surface area contributed by atoms with Crippen molar-refractivity contribution in [2.45, 2.75) is 31.8 Å². The summed E-state index contributed by atoms with van der Waals surface area (Å²) in [6, 6.07) is 6.65. The summed E-state index contributed by atoms with van der Waals surface area (Å²) >= 11 is 5.93. The molecule has 1 aromatic carbocycles. The molecule has 120 valence electrons. The molecule has 1 aliphatic rings. The van der Waals surface area contributed by atoms with E-state index in [2.05, 4.69) is 10.4 Å². The first kappa shape index (κ1) is 15.6. The molecular formula is C16H17ClN4O2. The van der Waals surface area contributed by atoms with Crippen LogP contribution < -0.4 is 11.1 Å². The highest BCUT2D eigenvalue weighted by molar-refractivity contribution is 6.30. The predicted molar refractivity (Wildman–Crippen MR) is 86.0 cm³/mol. The van der Waals surface area contributed by atoms with Gasteiger partial charge in [0, 0.05) is 16.8 Å². The van der Waals surface area contributed by atoms with Gasteiger partial charge in [-0.05, 0) is 43.0 Å². The van der Waals surface area contributed by atoms with Crippen LogP contribution in [-0.4, -0.2) is 21.6 Å². The molecule has 0 saturated carbocycles. The van der Waals surface area contributed by atoms with Crippen LogP contribution in [0.25, 0.3) is 0 Å². The van der Waals surface area contributed by atoms with Crippen molar-refractivity contribution >= 4 is 23.4 Å². The Morgan fingerprint density at radius 1 is 1.43 bits per heavy atom. The van der Waals surface area contributed by atoms with E-state index in [4.69, 9.17) is 17.3 Å². The third-order valence-corrected chi connectivity index (χ3v) is 4.08. The van der Waals surface area contributed by atoms with Crippen LogP contribution in [0.5, 0.6) is 0 Å². The highest BCUT2D eigenvalue weighted by Gasteiger charge is 2.26. The van der Waals surface area contributed by atoms with Crippen molar-refractivity contribution in [3.63, 3.8) is 0 Å². The van der Waals surface area contributed by atoms with Crippen molar-refractivity contribution in [1.29, 1.82) is 0 Å². The number of carbonyl (C=O) groups is 2. The molecule has 3 rings (SSSR count). The Balaban J connectivity index is 1.78. The van der Waals surface area contributed by atoms with Crippen LogP contribution in [0.3, 0.4) is 0 Å². The number of hydrogen-bond donors (Lipinski definition) is 2. The van der Waals surface area contributed by atoms with E-state index in [0.29, 0.717) is 10.6 Å². The summed E-state index contributed by atoms with van der Waals surface area (Å²) in [5.74, 6) is -0.626. The Morgan fingerprint density at radius 3 is 3.00 bits per heavy atom. The highest BCUT2D eigenvalue weighted by Crippen LogP contribution is 2.28. The maximum atomic E-state index is 12.4. The van der Waals surface area contributed by atoms with Crippen LogP contribution in [0.1, 0.15) is 40.5 Å². The van der Waals surface area contributed by atoms with Gasteiger partial charge in [-0.2, -0.15) is 5.10 Å². The number of nitrogens with two attached hydrogens (primary N) is 1. The van der Waals surface area contributed by atoms with Gasteiger partial charge in [-0.1, -0.05) is 17.7 Å². The molecule has 1 atom stereocenters. The third-order valence-electron chi connectivity index (χ3n) is 3.85. The van der Waals surface area contributed by atoms with Crippen LogP contribution in [0.4, 0.5) is 0 Å². The van der Waals surface area contributed by atoms with Crippen LogP contribution in [-0.2, 0) is 17.8 Å². The molecule has 1 aromatic heterocycles. The van der Waals surface area contributed by atoms with Gasteiger partial charge in [0.15, 0.2) is 0 Å². The van der Waals surface area contributed by atoms with Crippen molar-refractivity contribution in [1.82, 2.24) is 15.1 Å². The lowest BCUT2D eigenvalue weighted by molar-refractivity contribution is -0.118. The highest BCUT2D eigenvalue weighted by atomic mass is 35.5. The minimum atomic E-state index is -0.440. The number of nitrogens with one attached hydrogen (secondary N) is 1. The van der Waals surface area contributed by atoms with E-state index in [1.165, 1.54) is 4.68 Å². The Hall–Kier alpha value is -2.34. The molecule has 2 amide bonds. The molecule has 0 bridgehead atoms. The van der Waals surface area contributed by atoms with Crippen molar-refractivity contribution in [2.24, 2.45) is 5.73 Å². The fraction of sp³-hybridized carbons (Fsp3) is 0.312. The van der Waals surface area contributed by atoms with Crippen LogP contribution in [0.15, 0.2) is 30.5 Å². The number of amides is 2. The van der Waals surface area contributed by atoms with Crippen LogP contribution in [0, 0.1) is 0 Å². The maximum Gasteiger partial charge on any atom is 0.251 e. The number of halogens is 1. The quantitative estimate of drug-likeness (QED) is 0.895. The van der Waals surface area contributed by atoms with Crippen molar-refractivity contribution < 1.29 is 9.59 Å². The zero-order valence-electron chi connectivity index (χ0n) is 12.5. The SMILES string of the molecule is NC(=O)Cn1cc2c(n1)[C@@H](NC(=O)c1cccc(Cl)c1)CCC2. The fourth-order valence-corrected chi connectivity index (χ4v) is 3.04. The zero-order valence-corrected chi connectivity index (χ0v) is 13.2. The normalized spacial score (nSPS) is 16.7. The second kappa shape index (κ2) is 6.42. The van der Waals surface area contributed by atoms with E-state index >= 15 is 0 Å². The van der Waals surface area contributed by atoms with Gasteiger partial charge in [-0.15, -0.1) is 0 Å². The van der Waals surface area contributed by atoms with E-state index in [9.17, 15) is 9.59 Å². The maximum absolute atomic E-state index is 12.4. The number of nitrogens with zero attached hydrogens (tertiary/aromatic N) is 2. The Labute approximate surface area is 138 Å². The topological polar surface area (TPSA) is 90.0 Å². The number of primary amides is 1. The van der Waals surface area contributed by atoms with Crippen molar-refractivity contribution in [3.05, 3.63) is 52.3 Å². The van der Waals surface area contributed by atoms with Crippen LogP contribution in [0.2, 0.25) is 5.02 Å². The molecule has 0 unspecified atom stereocenters. The lowest BCUT2D eigenvalue weighted by Gasteiger charge is -2.22. The van der Waals surface area contributed by atoms with Gasteiger partial charge in [0.1, 0.15) is 6.54 Å². The molecular weight excluding hydrogens is 316 g/mol. The van der Waals surface area contributed by atoms with Gasteiger partial charge >= 0.3 is 0 Å². The number of aromatic nitrogens is 2. The molecule has 1 heterocycles. The average molecular weight is 333 g/mol. The lowest BCUT2D eigenvalue weighted by atomic mass is 9.93. The largest absolute Gasteiger partial charge is 0.368 e. The van der Waals surface area contributed by atoms with Gasteiger partial charge in [-0.25, -0.2) is 0 Å². The van der Waals surface area contributed by atoms with Crippen molar-refractivity contribution in [2.75, 3.05) is 0 Å². The Morgan fingerprint density at radius 2 is 2.26 bits per heavy atom. The van der Waals surface area contributed by atoms with E-state index in [1.807, 2.05) is 6.20 Å². The molecule has 0 radical (unpaired) electrons. The van der Waals surface area contributed by atoms with Gasteiger partial charge in [-0.3, -0.25) is 14.3 Å². The standard InChI is InChI=1S/C16H17ClN4O2/c17-12-5-1-3-10(7-12)16(23)19-13-6-2-4-11-8-21(9-14(18)22)20-15(11)13/h1,3,5,7-8,13H,2,4,6,9H2,(H2,18,22)(H,19,23)/t13-/m0/s1. The first-order chi connectivity index (χ1) is 11.0. The molecule has 1 aliphatic carbocycles. The molecule has 0 saturated heterocycles.